The zero-order chi connectivity index (χ0) is 58.7. The van der Waals surface area contributed by atoms with Crippen LogP contribution in [0.4, 0.5) is 0 Å². The van der Waals surface area contributed by atoms with Gasteiger partial charge in [0, 0.05) is 26.2 Å². The zero-order valence-electron chi connectivity index (χ0n) is 50.6. The largest absolute Gasteiger partial charge is 0.497 e. The number of benzene rings is 6. The van der Waals surface area contributed by atoms with Gasteiger partial charge in [-0.05, 0) is 156 Å². The van der Waals surface area contributed by atoms with Crippen LogP contribution in [0.25, 0.3) is 0 Å². The Bertz CT molecular complexity index is 2670. The highest BCUT2D eigenvalue weighted by Crippen LogP contribution is 2.34. The molecule has 6 rings (SSSR count). The number of carbonyl (C=O) groups is 3. The molecule has 0 fully saturated rings. The fourth-order valence-corrected chi connectivity index (χ4v) is 17.3. The Morgan fingerprint density at radius 3 is 1.09 bits per heavy atom. The van der Waals surface area contributed by atoms with Gasteiger partial charge in [-0.2, -0.15) is 0 Å². The lowest BCUT2D eigenvalue weighted by Gasteiger charge is -2.34. The summed E-state index contributed by atoms with van der Waals surface area (Å²) in [6.45, 7) is 33.3. The maximum Gasteiger partial charge on any atom is 0.308 e. The van der Waals surface area contributed by atoms with Gasteiger partial charge in [-0.25, -0.2) is 0 Å². The van der Waals surface area contributed by atoms with Crippen LogP contribution in [0.5, 0.6) is 34.5 Å². The van der Waals surface area contributed by atoms with E-state index in [4.69, 9.17) is 32.5 Å². The second-order valence-electron chi connectivity index (χ2n) is 22.8. The zero-order valence-corrected chi connectivity index (χ0v) is 52.6. The van der Waals surface area contributed by atoms with Gasteiger partial charge < -0.3 is 32.5 Å². The Hall–Kier alpha value is -6.48. The molecular weight excluding hydrogens is 1010 g/mol. The molecule has 0 radical (unpaired) electrons. The molecule has 0 saturated carbocycles. The van der Waals surface area contributed by atoms with Crippen molar-refractivity contribution in [1.82, 2.24) is 0 Å². The van der Waals surface area contributed by atoms with Gasteiger partial charge in [0.05, 0.1) is 21.3 Å². The number of carbonyl (C=O) groups excluding carboxylic acids is 3. The maximum absolute atomic E-state index is 10.9. The minimum absolute atomic E-state index is 0.134. The quantitative estimate of drug-likeness (QED) is 0.0527. The van der Waals surface area contributed by atoms with E-state index in [0.29, 0.717) is 17.2 Å². The van der Waals surface area contributed by atoms with E-state index in [9.17, 15) is 14.4 Å². The van der Waals surface area contributed by atoms with Crippen LogP contribution in [0.2, 0.25) is 38.3 Å². The summed E-state index contributed by atoms with van der Waals surface area (Å²) in [5.74, 6) is 3.66. The van der Waals surface area contributed by atoms with Crippen molar-refractivity contribution in [2.45, 2.75) is 157 Å². The lowest BCUT2D eigenvalue weighted by Crippen LogP contribution is -2.44. The summed E-state index contributed by atoms with van der Waals surface area (Å²) >= 11 is 0. The molecule has 0 saturated heterocycles. The second kappa shape index (κ2) is 32.4. The molecule has 12 heteroatoms. The average Bonchev–Trinajstić information content (AvgIpc) is 3.36. The summed E-state index contributed by atoms with van der Waals surface area (Å²) in [5, 5.41) is 0. The van der Waals surface area contributed by atoms with Crippen LogP contribution in [-0.2, 0) is 41.2 Å². The number of hydrogen-bond donors (Lipinski definition) is 0. The van der Waals surface area contributed by atoms with E-state index in [1.165, 1.54) is 68.0 Å². The summed E-state index contributed by atoms with van der Waals surface area (Å²) in [4.78, 5) is 32.0. The van der Waals surface area contributed by atoms with Crippen molar-refractivity contribution in [3.05, 3.63) is 179 Å². The van der Waals surface area contributed by atoms with E-state index in [0.717, 1.165) is 29.2 Å². The SMILES string of the molecule is CC(=O)Oc1ccc(C(C)(C)C)cc1.CC(=O)Oc1ccccc1.CCC[Si](C)(C)O[Si](C)(C)CCCc1ccccc1OC.COc1ccc(C(C)(C)C)cc1.COc1ccc(C(C)(C)c2ccc(OC(C)=O)cc2)cc1. The first-order chi connectivity index (χ1) is 36.4. The summed E-state index contributed by atoms with van der Waals surface area (Å²) in [7, 11) is 2.11. The Morgan fingerprint density at radius 1 is 0.410 bits per heavy atom. The number of rotatable bonds is 16. The Kier molecular flexibility index (Phi) is 28.1. The van der Waals surface area contributed by atoms with E-state index >= 15 is 0 Å². The van der Waals surface area contributed by atoms with Gasteiger partial charge >= 0.3 is 17.9 Å². The Balaban J connectivity index is 0.000000343. The fraction of sp³-hybridized carbons (Fsp3) is 0.409. The van der Waals surface area contributed by atoms with E-state index in [-0.39, 0.29) is 34.2 Å². The van der Waals surface area contributed by atoms with E-state index < -0.39 is 16.6 Å². The maximum atomic E-state index is 10.9. The van der Waals surface area contributed by atoms with Crippen molar-refractivity contribution < 1.29 is 46.9 Å². The molecule has 0 amide bonds. The first kappa shape index (κ1) is 67.6. The van der Waals surface area contributed by atoms with Crippen LogP contribution in [0, 0.1) is 0 Å². The molecule has 0 aliphatic heterocycles. The molecule has 0 bridgehead atoms. The van der Waals surface area contributed by atoms with Gasteiger partial charge in [0.25, 0.3) is 0 Å². The number of aryl methyl sites for hydroxylation is 1. The third-order valence-corrected chi connectivity index (χ3v) is 20.1. The highest BCUT2D eigenvalue weighted by molar-refractivity contribution is 6.84. The van der Waals surface area contributed by atoms with Gasteiger partial charge in [-0.3, -0.25) is 14.4 Å². The van der Waals surface area contributed by atoms with Gasteiger partial charge in [-0.1, -0.05) is 154 Å². The molecule has 0 aromatic heterocycles. The van der Waals surface area contributed by atoms with Crippen LogP contribution >= 0.6 is 0 Å². The lowest BCUT2D eigenvalue weighted by atomic mass is 9.78. The van der Waals surface area contributed by atoms with E-state index in [1.54, 1.807) is 33.5 Å². The van der Waals surface area contributed by atoms with Crippen molar-refractivity contribution in [2.75, 3.05) is 21.3 Å². The Labute approximate surface area is 471 Å². The Morgan fingerprint density at radius 2 is 0.744 bits per heavy atom. The summed E-state index contributed by atoms with van der Waals surface area (Å²) in [6.07, 6.45) is 3.51. The van der Waals surface area contributed by atoms with Gasteiger partial charge in [0.15, 0.2) is 16.6 Å². The fourth-order valence-electron chi connectivity index (χ4n) is 8.28. The number of methoxy groups -OCH3 is 3. The highest BCUT2D eigenvalue weighted by atomic mass is 28.4. The van der Waals surface area contributed by atoms with Crippen LogP contribution in [0.3, 0.4) is 0 Å². The van der Waals surface area contributed by atoms with Crippen LogP contribution in [-0.4, -0.2) is 55.9 Å². The van der Waals surface area contributed by atoms with Crippen LogP contribution in [0.15, 0.2) is 152 Å². The van der Waals surface area contributed by atoms with Gasteiger partial charge in [-0.15, -0.1) is 0 Å². The molecule has 6 aromatic rings. The molecule has 424 valence electrons. The standard InChI is InChI=1S/C18H20O3.C17H32O2Si2.C12H16O2.C11H16O.C8H8O2/c1-13(19)21-17-11-7-15(8-12-17)18(2,3)14-5-9-16(20-4)10-6-14;1-7-14-20(3,4)19-21(5,6)15-10-12-16-11-8-9-13-17(16)18-2;1-9(13)14-11-7-5-10(6-8-11)12(2,3)4;1-11(2,3)9-5-7-10(12-4)8-6-9;1-7(9)10-8-5-3-2-4-6-8/h5-12H,1-4H3;8-9,11,13H,7,10,12,14-15H2,1-6H3;5-8H,1-4H3;5-8H,1-4H3;2-6H,1H3. The molecule has 0 aliphatic carbocycles. The predicted molar refractivity (Wildman–Crippen MR) is 326 cm³/mol. The molecule has 0 spiro atoms. The van der Waals surface area contributed by atoms with E-state index in [2.05, 4.69) is 125 Å². The first-order valence-corrected chi connectivity index (χ1v) is 33.1. The minimum Gasteiger partial charge on any atom is -0.497 e. The summed E-state index contributed by atoms with van der Waals surface area (Å²) < 4.78 is 37.1. The molecule has 0 atom stereocenters. The minimum atomic E-state index is -1.54. The highest BCUT2D eigenvalue weighted by Gasteiger charge is 2.32. The molecule has 0 N–H and O–H groups in total. The predicted octanol–water partition coefficient (Wildman–Crippen LogP) is 16.9. The van der Waals surface area contributed by atoms with Crippen LogP contribution in [0.1, 0.15) is 124 Å². The number of para-hydroxylation sites is 2. The topological polar surface area (TPSA) is 116 Å². The van der Waals surface area contributed by atoms with Crippen molar-refractivity contribution in [1.29, 1.82) is 0 Å². The number of esters is 3. The monoisotopic (exact) mass is 1100 g/mol. The lowest BCUT2D eigenvalue weighted by molar-refractivity contribution is -0.132. The first-order valence-electron chi connectivity index (χ1n) is 26.9. The normalized spacial score (nSPS) is 11.2. The third-order valence-electron chi connectivity index (χ3n) is 12.4. The molecule has 78 heavy (non-hydrogen) atoms. The second-order valence-corrected chi connectivity index (χ2v) is 31.6. The van der Waals surface area contributed by atoms with E-state index in [1.807, 2.05) is 103 Å². The van der Waals surface area contributed by atoms with Gasteiger partial charge in [0.2, 0.25) is 0 Å². The number of ether oxygens (including phenoxy) is 6. The van der Waals surface area contributed by atoms with Crippen molar-refractivity contribution in [3.8, 4) is 34.5 Å². The van der Waals surface area contributed by atoms with Crippen molar-refractivity contribution in [3.63, 3.8) is 0 Å². The van der Waals surface area contributed by atoms with Crippen molar-refractivity contribution in [2.24, 2.45) is 0 Å². The van der Waals surface area contributed by atoms with Crippen molar-refractivity contribution >= 4 is 34.5 Å². The number of hydrogen-bond acceptors (Lipinski definition) is 10. The summed E-state index contributed by atoms with van der Waals surface area (Å²) in [6, 6.07) is 51.3. The molecular formula is C66H92O10Si2. The summed E-state index contributed by atoms with van der Waals surface area (Å²) in [5.41, 5.74) is 6.46. The molecule has 0 aliphatic rings. The molecule has 0 heterocycles. The van der Waals surface area contributed by atoms with Gasteiger partial charge in [0.1, 0.15) is 34.5 Å². The smallest absolute Gasteiger partial charge is 0.308 e. The molecule has 10 nitrogen and oxygen atoms in total. The van der Waals surface area contributed by atoms with Crippen LogP contribution < -0.4 is 28.4 Å². The average molecular weight is 1100 g/mol. The molecule has 0 unspecified atom stereocenters. The third kappa shape index (κ3) is 26.2. The molecule has 6 aromatic carbocycles.